The lowest BCUT2D eigenvalue weighted by Crippen LogP contribution is -2.15. The van der Waals surface area contributed by atoms with Crippen LogP contribution in [0.2, 0.25) is 0 Å². The lowest BCUT2D eigenvalue weighted by atomic mass is 9.99. The van der Waals surface area contributed by atoms with Gasteiger partial charge < -0.3 is 4.74 Å². The maximum Gasteiger partial charge on any atom is 0.417 e. The topological polar surface area (TPSA) is 43.4 Å². The van der Waals surface area contributed by atoms with Crippen LogP contribution in [0.5, 0.6) is 5.75 Å². The third kappa shape index (κ3) is 2.69. The van der Waals surface area contributed by atoms with E-state index in [1.54, 1.807) is 6.92 Å². The SMILES string of the molecule is CCOc1c(C=O)ccc(C(F)(F)F)c1C(C)=O. The number of carbonyl (C=O) groups is 2. The molecule has 18 heavy (non-hydrogen) atoms. The summed E-state index contributed by atoms with van der Waals surface area (Å²) in [5.41, 5.74) is -1.77. The predicted octanol–water partition coefficient (Wildman–Crippen LogP) is 3.12. The molecule has 0 heterocycles. The summed E-state index contributed by atoms with van der Waals surface area (Å²) in [5, 5.41) is 0. The third-order valence-corrected chi connectivity index (χ3v) is 2.26. The van der Waals surface area contributed by atoms with Crippen LogP contribution >= 0.6 is 0 Å². The van der Waals surface area contributed by atoms with Gasteiger partial charge in [0.2, 0.25) is 0 Å². The molecule has 1 rings (SSSR count). The maximum atomic E-state index is 12.8. The molecule has 0 aliphatic heterocycles. The van der Waals surface area contributed by atoms with Gasteiger partial charge in [-0.25, -0.2) is 0 Å². The minimum Gasteiger partial charge on any atom is -0.492 e. The van der Waals surface area contributed by atoms with Crippen molar-refractivity contribution >= 4 is 12.1 Å². The monoisotopic (exact) mass is 260 g/mol. The molecule has 0 amide bonds. The van der Waals surface area contributed by atoms with Crippen molar-refractivity contribution < 1.29 is 27.5 Å². The average molecular weight is 260 g/mol. The molecular weight excluding hydrogens is 249 g/mol. The summed E-state index contributed by atoms with van der Waals surface area (Å²) >= 11 is 0. The van der Waals surface area contributed by atoms with Gasteiger partial charge in [-0.3, -0.25) is 9.59 Å². The summed E-state index contributed by atoms with van der Waals surface area (Å²) in [6, 6.07) is 1.70. The van der Waals surface area contributed by atoms with Gasteiger partial charge in [-0.1, -0.05) is 0 Å². The molecule has 0 spiro atoms. The van der Waals surface area contributed by atoms with E-state index in [9.17, 15) is 22.8 Å². The van der Waals surface area contributed by atoms with Crippen LogP contribution in [0.15, 0.2) is 12.1 Å². The van der Waals surface area contributed by atoms with Crippen LogP contribution < -0.4 is 4.74 Å². The minimum absolute atomic E-state index is 0.0580. The quantitative estimate of drug-likeness (QED) is 0.617. The van der Waals surface area contributed by atoms with Crippen molar-refractivity contribution in [3.05, 3.63) is 28.8 Å². The number of hydrogen-bond acceptors (Lipinski definition) is 3. The number of rotatable bonds is 4. The second-order valence-electron chi connectivity index (χ2n) is 3.51. The van der Waals surface area contributed by atoms with Crippen molar-refractivity contribution in [2.75, 3.05) is 6.61 Å². The number of hydrogen-bond donors (Lipinski definition) is 0. The Labute approximate surface area is 102 Å². The number of ether oxygens (including phenoxy) is 1. The lowest BCUT2D eigenvalue weighted by molar-refractivity contribution is -0.138. The van der Waals surface area contributed by atoms with E-state index in [2.05, 4.69) is 0 Å². The molecule has 98 valence electrons. The van der Waals surface area contributed by atoms with E-state index >= 15 is 0 Å². The minimum atomic E-state index is -4.67. The number of aldehydes is 1. The molecule has 6 heteroatoms. The highest BCUT2D eigenvalue weighted by atomic mass is 19.4. The highest BCUT2D eigenvalue weighted by Crippen LogP contribution is 2.37. The van der Waals surface area contributed by atoms with Crippen LogP contribution in [0.25, 0.3) is 0 Å². The molecule has 0 fully saturated rings. The fourth-order valence-electron chi connectivity index (χ4n) is 1.58. The first-order valence-corrected chi connectivity index (χ1v) is 5.16. The Bertz CT molecular complexity index is 478. The molecule has 0 unspecified atom stereocenters. The summed E-state index contributed by atoms with van der Waals surface area (Å²) in [6.07, 6.45) is -4.31. The van der Waals surface area contributed by atoms with E-state index in [-0.39, 0.29) is 17.9 Å². The van der Waals surface area contributed by atoms with Crippen LogP contribution in [0.4, 0.5) is 13.2 Å². The highest BCUT2D eigenvalue weighted by molar-refractivity contribution is 6.01. The first-order valence-electron chi connectivity index (χ1n) is 5.16. The van der Waals surface area contributed by atoms with Gasteiger partial charge in [-0.15, -0.1) is 0 Å². The van der Waals surface area contributed by atoms with E-state index in [0.29, 0.717) is 12.4 Å². The smallest absolute Gasteiger partial charge is 0.417 e. The molecule has 3 nitrogen and oxygen atoms in total. The first kappa shape index (κ1) is 14.2. The molecule has 0 N–H and O–H groups in total. The fraction of sp³-hybridized carbons (Fsp3) is 0.333. The molecule has 1 aromatic rings. The molecule has 0 saturated carbocycles. The summed E-state index contributed by atoms with van der Waals surface area (Å²) in [7, 11) is 0. The van der Waals surface area contributed by atoms with E-state index in [1.165, 1.54) is 0 Å². The number of alkyl halides is 3. The molecular formula is C12H11F3O3. The molecule has 0 bridgehead atoms. The summed E-state index contributed by atoms with van der Waals surface area (Å²) in [6.45, 7) is 2.61. The van der Waals surface area contributed by atoms with Gasteiger partial charge in [0.15, 0.2) is 12.1 Å². The Morgan fingerprint density at radius 3 is 2.39 bits per heavy atom. The van der Waals surface area contributed by atoms with Gasteiger partial charge >= 0.3 is 6.18 Å². The van der Waals surface area contributed by atoms with Crippen molar-refractivity contribution in [1.29, 1.82) is 0 Å². The molecule has 0 aromatic heterocycles. The number of carbonyl (C=O) groups excluding carboxylic acids is 2. The Kier molecular flexibility index (Phi) is 4.11. The molecule has 0 atom stereocenters. The molecule has 0 saturated heterocycles. The van der Waals surface area contributed by atoms with Crippen LogP contribution in [0.1, 0.15) is 40.1 Å². The van der Waals surface area contributed by atoms with Gasteiger partial charge in [0.1, 0.15) is 5.75 Å². The Morgan fingerprint density at radius 2 is 2.00 bits per heavy atom. The zero-order valence-electron chi connectivity index (χ0n) is 9.80. The van der Waals surface area contributed by atoms with Gasteiger partial charge in [-0.2, -0.15) is 13.2 Å². The van der Waals surface area contributed by atoms with Crippen molar-refractivity contribution in [3.8, 4) is 5.75 Å². The predicted molar refractivity (Wildman–Crippen MR) is 58.0 cm³/mol. The van der Waals surface area contributed by atoms with Crippen LogP contribution in [-0.2, 0) is 6.18 Å². The molecule has 0 aliphatic carbocycles. The molecule has 0 radical (unpaired) electrons. The van der Waals surface area contributed by atoms with Crippen molar-refractivity contribution in [3.63, 3.8) is 0 Å². The third-order valence-electron chi connectivity index (χ3n) is 2.26. The largest absolute Gasteiger partial charge is 0.492 e. The van der Waals surface area contributed by atoms with E-state index in [1.807, 2.05) is 0 Å². The second kappa shape index (κ2) is 5.20. The zero-order chi connectivity index (χ0) is 13.9. The summed E-state index contributed by atoms with van der Waals surface area (Å²) in [4.78, 5) is 22.1. The van der Waals surface area contributed by atoms with Gasteiger partial charge in [0.05, 0.1) is 23.3 Å². The number of ketones is 1. The molecule has 0 aliphatic rings. The van der Waals surface area contributed by atoms with Gasteiger partial charge in [0.25, 0.3) is 0 Å². The van der Waals surface area contributed by atoms with E-state index in [0.717, 1.165) is 13.0 Å². The van der Waals surface area contributed by atoms with Crippen LogP contribution in [0.3, 0.4) is 0 Å². The summed E-state index contributed by atoms with van der Waals surface area (Å²) in [5.74, 6) is -1.11. The van der Waals surface area contributed by atoms with Crippen molar-refractivity contribution in [2.45, 2.75) is 20.0 Å². The summed E-state index contributed by atoms with van der Waals surface area (Å²) < 4.78 is 43.3. The first-order chi connectivity index (χ1) is 8.32. The Hall–Kier alpha value is -1.85. The lowest BCUT2D eigenvalue weighted by Gasteiger charge is -2.16. The average Bonchev–Trinajstić information content (AvgIpc) is 2.27. The van der Waals surface area contributed by atoms with Crippen molar-refractivity contribution in [1.82, 2.24) is 0 Å². The normalized spacial score (nSPS) is 11.2. The van der Waals surface area contributed by atoms with Crippen LogP contribution in [-0.4, -0.2) is 18.7 Å². The number of halogens is 3. The zero-order valence-corrected chi connectivity index (χ0v) is 9.80. The number of benzene rings is 1. The van der Waals surface area contributed by atoms with E-state index < -0.39 is 23.1 Å². The Balaban J connectivity index is 3.62. The van der Waals surface area contributed by atoms with Crippen molar-refractivity contribution in [2.24, 2.45) is 0 Å². The Morgan fingerprint density at radius 1 is 1.39 bits per heavy atom. The molecule has 1 aromatic carbocycles. The van der Waals surface area contributed by atoms with Crippen LogP contribution in [0, 0.1) is 0 Å². The maximum absolute atomic E-state index is 12.8. The van der Waals surface area contributed by atoms with Gasteiger partial charge in [-0.05, 0) is 26.0 Å². The second-order valence-corrected chi connectivity index (χ2v) is 3.51. The fourth-order valence-corrected chi connectivity index (χ4v) is 1.58. The number of Topliss-reactive ketones (excluding diaryl/α,β-unsaturated/α-hetero) is 1. The van der Waals surface area contributed by atoms with E-state index in [4.69, 9.17) is 4.74 Å². The highest BCUT2D eigenvalue weighted by Gasteiger charge is 2.36. The van der Waals surface area contributed by atoms with Gasteiger partial charge in [0, 0.05) is 0 Å². The standard InChI is InChI=1S/C12H11F3O3/c1-3-18-11-8(6-16)4-5-9(12(13,14)15)10(11)7(2)17/h4-6H,3H2,1-2H3.